The quantitative estimate of drug-likeness (QED) is 0.856. The summed E-state index contributed by atoms with van der Waals surface area (Å²) in [6.45, 7) is 4.21. The lowest BCUT2D eigenvalue weighted by Gasteiger charge is -2.21. The van der Waals surface area contributed by atoms with Gasteiger partial charge >= 0.3 is 0 Å². The molecule has 1 N–H and O–H groups in total. The Balaban J connectivity index is 2.16. The Labute approximate surface area is 102 Å². The second kappa shape index (κ2) is 5.17. The van der Waals surface area contributed by atoms with Crippen molar-refractivity contribution in [2.24, 2.45) is 0 Å². The Morgan fingerprint density at radius 2 is 2.06 bits per heavy atom. The summed E-state index contributed by atoms with van der Waals surface area (Å²) in [5, 5.41) is 13.8. The SMILES string of the molecule is CCCC(O)c1noc(C2(CC)CCCC2)n1. The van der Waals surface area contributed by atoms with Crippen LogP contribution in [0.2, 0.25) is 0 Å². The van der Waals surface area contributed by atoms with Crippen molar-refractivity contribution in [1.29, 1.82) is 0 Å². The van der Waals surface area contributed by atoms with Crippen LogP contribution < -0.4 is 0 Å². The molecule has 0 saturated heterocycles. The number of nitrogens with zero attached hydrogens (tertiary/aromatic N) is 2. The van der Waals surface area contributed by atoms with Crippen molar-refractivity contribution in [3.05, 3.63) is 11.7 Å². The number of hydrogen-bond donors (Lipinski definition) is 1. The monoisotopic (exact) mass is 238 g/mol. The minimum Gasteiger partial charge on any atom is -0.385 e. The third-order valence-electron chi connectivity index (χ3n) is 3.99. The Kier molecular flexibility index (Phi) is 3.82. The van der Waals surface area contributed by atoms with Crippen LogP contribution in [0.25, 0.3) is 0 Å². The van der Waals surface area contributed by atoms with E-state index in [1.165, 1.54) is 12.8 Å². The molecular weight excluding hydrogens is 216 g/mol. The van der Waals surface area contributed by atoms with Crippen molar-refractivity contribution in [2.45, 2.75) is 70.3 Å². The highest BCUT2D eigenvalue weighted by Crippen LogP contribution is 2.43. The van der Waals surface area contributed by atoms with Gasteiger partial charge in [-0.3, -0.25) is 0 Å². The summed E-state index contributed by atoms with van der Waals surface area (Å²) in [7, 11) is 0. The number of aliphatic hydroxyl groups is 1. The minimum atomic E-state index is -0.576. The normalized spacial score (nSPS) is 20.6. The van der Waals surface area contributed by atoms with Crippen LogP contribution in [0.1, 0.15) is 76.6 Å². The molecule has 4 heteroatoms. The summed E-state index contributed by atoms with van der Waals surface area (Å²) in [6, 6.07) is 0. The molecule has 17 heavy (non-hydrogen) atoms. The molecule has 1 fully saturated rings. The van der Waals surface area contributed by atoms with Crippen LogP contribution in [0, 0.1) is 0 Å². The predicted molar refractivity (Wildman–Crippen MR) is 64.6 cm³/mol. The summed E-state index contributed by atoms with van der Waals surface area (Å²) >= 11 is 0. The van der Waals surface area contributed by atoms with Crippen molar-refractivity contribution in [3.8, 4) is 0 Å². The van der Waals surface area contributed by atoms with Gasteiger partial charge in [-0.15, -0.1) is 0 Å². The van der Waals surface area contributed by atoms with Gasteiger partial charge in [-0.25, -0.2) is 0 Å². The number of aliphatic hydroxyl groups excluding tert-OH is 1. The molecule has 1 heterocycles. The molecule has 0 aromatic carbocycles. The van der Waals surface area contributed by atoms with Crippen LogP contribution >= 0.6 is 0 Å². The number of hydrogen-bond acceptors (Lipinski definition) is 4. The molecule has 2 rings (SSSR count). The van der Waals surface area contributed by atoms with Gasteiger partial charge in [0, 0.05) is 5.41 Å². The standard InChI is InChI=1S/C13H22N2O2/c1-3-7-10(16)11-14-12(17-15-11)13(4-2)8-5-6-9-13/h10,16H,3-9H2,1-2H3. The fourth-order valence-corrected chi connectivity index (χ4v) is 2.76. The van der Waals surface area contributed by atoms with Crippen molar-refractivity contribution in [3.63, 3.8) is 0 Å². The van der Waals surface area contributed by atoms with Gasteiger partial charge in [-0.2, -0.15) is 4.98 Å². The zero-order valence-corrected chi connectivity index (χ0v) is 10.8. The zero-order valence-electron chi connectivity index (χ0n) is 10.8. The first-order chi connectivity index (χ1) is 8.22. The molecule has 1 aliphatic carbocycles. The maximum atomic E-state index is 9.85. The van der Waals surface area contributed by atoms with Gasteiger partial charge in [0.05, 0.1) is 0 Å². The van der Waals surface area contributed by atoms with Gasteiger partial charge in [0.2, 0.25) is 5.89 Å². The van der Waals surface area contributed by atoms with E-state index in [-0.39, 0.29) is 5.41 Å². The van der Waals surface area contributed by atoms with E-state index in [0.29, 0.717) is 12.2 Å². The molecule has 1 aromatic heterocycles. The van der Waals surface area contributed by atoms with Crippen LogP contribution in [0.5, 0.6) is 0 Å². The van der Waals surface area contributed by atoms with E-state index in [4.69, 9.17) is 4.52 Å². The zero-order chi connectivity index (χ0) is 12.3. The number of aromatic nitrogens is 2. The summed E-state index contributed by atoms with van der Waals surface area (Å²) in [4.78, 5) is 4.43. The van der Waals surface area contributed by atoms with Gasteiger partial charge in [-0.05, 0) is 25.7 Å². The van der Waals surface area contributed by atoms with E-state index in [0.717, 1.165) is 31.6 Å². The summed E-state index contributed by atoms with van der Waals surface area (Å²) in [6.07, 6.45) is 6.82. The Bertz CT molecular complexity index is 356. The summed E-state index contributed by atoms with van der Waals surface area (Å²) < 4.78 is 5.39. The Hall–Kier alpha value is -0.900. The fourth-order valence-electron chi connectivity index (χ4n) is 2.76. The topological polar surface area (TPSA) is 59.2 Å². The molecule has 0 bridgehead atoms. The average molecular weight is 238 g/mol. The van der Waals surface area contributed by atoms with Crippen LogP contribution in [0.3, 0.4) is 0 Å². The van der Waals surface area contributed by atoms with Gasteiger partial charge in [0.25, 0.3) is 0 Å². The third-order valence-corrected chi connectivity index (χ3v) is 3.99. The largest absolute Gasteiger partial charge is 0.385 e. The van der Waals surface area contributed by atoms with E-state index < -0.39 is 6.10 Å². The molecule has 1 unspecified atom stereocenters. The van der Waals surface area contributed by atoms with Gasteiger partial charge < -0.3 is 9.63 Å². The van der Waals surface area contributed by atoms with Crippen LogP contribution in [-0.2, 0) is 5.41 Å². The van der Waals surface area contributed by atoms with Crippen molar-refractivity contribution >= 4 is 0 Å². The molecule has 1 atom stereocenters. The molecule has 1 saturated carbocycles. The van der Waals surface area contributed by atoms with Crippen LogP contribution in [0.15, 0.2) is 4.52 Å². The summed E-state index contributed by atoms with van der Waals surface area (Å²) in [5.74, 6) is 1.20. The maximum absolute atomic E-state index is 9.85. The van der Waals surface area contributed by atoms with Crippen molar-refractivity contribution in [1.82, 2.24) is 10.1 Å². The van der Waals surface area contributed by atoms with E-state index in [1.54, 1.807) is 0 Å². The Morgan fingerprint density at radius 3 is 2.65 bits per heavy atom. The molecule has 0 radical (unpaired) electrons. The third kappa shape index (κ3) is 2.37. The minimum absolute atomic E-state index is 0.0805. The lowest BCUT2D eigenvalue weighted by Crippen LogP contribution is -2.21. The second-order valence-electron chi connectivity index (χ2n) is 5.10. The molecule has 0 amide bonds. The first-order valence-electron chi connectivity index (χ1n) is 6.74. The van der Waals surface area contributed by atoms with Gasteiger partial charge in [0.1, 0.15) is 6.10 Å². The lowest BCUT2D eigenvalue weighted by molar-refractivity contribution is 0.152. The lowest BCUT2D eigenvalue weighted by atomic mass is 9.83. The van der Waals surface area contributed by atoms with E-state index in [9.17, 15) is 5.11 Å². The number of rotatable bonds is 5. The van der Waals surface area contributed by atoms with E-state index in [2.05, 4.69) is 17.1 Å². The van der Waals surface area contributed by atoms with Crippen molar-refractivity contribution in [2.75, 3.05) is 0 Å². The van der Waals surface area contributed by atoms with Crippen LogP contribution in [0.4, 0.5) is 0 Å². The van der Waals surface area contributed by atoms with E-state index >= 15 is 0 Å². The first-order valence-corrected chi connectivity index (χ1v) is 6.74. The smallest absolute Gasteiger partial charge is 0.232 e. The highest BCUT2D eigenvalue weighted by Gasteiger charge is 2.39. The first kappa shape index (κ1) is 12.6. The van der Waals surface area contributed by atoms with Crippen molar-refractivity contribution < 1.29 is 9.63 Å². The molecule has 4 nitrogen and oxygen atoms in total. The molecule has 0 aliphatic heterocycles. The Morgan fingerprint density at radius 1 is 1.35 bits per heavy atom. The second-order valence-corrected chi connectivity index (χ2v) is 5.10. The molecule has 1 aliphatic rings. The van der Waals surface area contributed by atoms with Crippen LogP contribution in [-0.4, -0.2) is 15.2 Å². The molecular formula is C13H22N2O2. The summed E-state index contributed by atoms with van der Waals surface area (Å²) in [5.41, 5.74) is 0.0805. The molecule has 96 valence electrons. The predicted octanol–water partition coefficient (Wildman–Crippen LogP) is 3.12. The highest BCUT2D eigenvalue weighted by atomic mass is 16.5. The highest BCUT2D eigenvalue weighted by molar-refractivity contribution is 5.08. The molecule has 0 spiro atoms. The van der Waals surface area contributed by atoms with Gasteiger partial charge in [-0.1, -0.05) is 38.3 Å². The van der Waals surface area contributed by atoms with E-state index in [1.807, 2.05) is 6.92 Å². The van der Waals surface area contributed by atoms with Gasteiger partial charge in [0.15, 0.2) is 5.82 Å². The molecule has 1 aromatic rings. The average Bonchev–Trinajstić information content (AvgIpc) is 2.99. The maximum Gasteiger partial charge on any atom is 0.232 e. The fraction of sp³-hybridized carbons (Fsp3) is 0.846.